The standard InChI is InChI=1S/C22H23N7O2/c1-13(2)29-12-16(8-9-18(29)30)17-11-25-20(23)19(26-17)22-28-27-21(31-22)15-6-4-14(5-7-15)10-24-3/h4-9,11-13,24H,10H2,1-3H3,(H2,23,25). The summed E-state index contributed by atoms with van der Waals surface area (Å²) in [6.07, 6.45) is 3.31. The quantitative estimate of drug-likeness (QED) is 0.491. The largest absolute Gasteiger partial charge is 0.414 e. The number of anilines is 1. The first-order valence-electron chi connectivity index (χ1n) is 9.89. The Hall–Kier alpha value is -3.85. The molecule has 0 unspecified atom stereocenters. The van der Waals surface area contributed by atoms with Crippen LogP contribution in [0.1, 0.15) is 25.5 Å². The van der Waals surface area contributed by atoms with E-state index in [1.807, 2.05) is 45.2 Å². The van der Waals surface area contributed by atoms with Gasteiger partial charge in [0.2, 0.25) is 5.89 Å². The Morgan fingerprint density at radius 1 is 1.06 bits per heavy atom. The van der Waals surface area contributed by atoms with Crippen LogP contribution in [0.5, 0.6) is 0 Å². The van der Waals surface area contributed by atoms with Gasteiger partial charge in [0.25, 0.3) is 11.4 Å². The smallest absolute Gasteiger partial charge is 0.270 e. The maximum absolute atomic E-state index is 12.1. The van der Waals surface area contributed by atoms with Gasteiger partial charge in [0.05, 0.1) is 11.9 Å². The zero-order valence-corrected chi connectivity index (χ0v) is 17.5. The predicted molar refractivity (Wildman–Crippen MR) is 118 cm³/mol. The Morgan fingerprint density at radius 2 is 1.77 bits per heavy atom. The Kier molecular flexibility index (Phi) is 5.59. The van der Waals surface area contributed by atoms with Gasteiger partial charge in [0.1, 0.15) is 0 Å². The van der Waals surface area contributed by atoms with Gasteiger partial charge < -0.3 is 20.0 Å². The van der Waals surface area contributed by atoms with Crippen molar-refractivity contribution >= 4 is 5.82 Å². The molecule has 1 aromatic carbocycles. The van der Waals surface area contributed by atoms with E-state index in [2.05, 4.69) is 25.5 Å². The van der Waals surface area contributed by atoms with Crippen molar-refractivity contribution in [3.8, 4) is 34.3 Å². The summed E-state index contributed by atoms with van der Waals surface area (Å²) in [7, 11) is 1.90. The second-order valence-corrected chi connectivity index (χ2v) is 7.39. The molecule has 0 radical (unpaired) electrons. The van der Waals surface area contributed by atoms with Crippen molar-refractivity contribution in [1.29, 1.82) is 0 Å². The van der Waals surface area contributed by atoms with Crippen molar-refractivity contribution in [1.82, 2.24) is 30.0 Å². The number of nitrogens with zero attached hydrogens (tertiary/aromatic N) is 5. The number of hydrogen-bond donors (Lipinski definition) is 2. The third-order valence-corrected chi connectivity index (χ3v) is 4.80. The summed E-state index contributed by atoms with van der Waals surface area (Å²) >= 11 is 0. The lowest BCUT2D eigenvalue weighted by Gasteiger charge is -2.11. The molecule has 158 valence electrons. The molecule has 0 saturated carbocycles. The fourth-order valence-electron chi connectivity index (χ4n) is 3.16. The second kappa shape index (κ2) is 8.49. The fourth-order valence-corrected chi connectivity index (χ4v) is 3.16. The highest BCUT2D eigenvalue weighted by Crippen LogP contribution is 2.28. The van der Waals surface area contributed by atoms with Crippen molar-refractivity contribution in [2.24, 2.45) is 0 Å². The number of benzene rings is 1. The van der Waals surface area contributed by atoms with Crippen LogP contribution < -0.4 is 16.6 Å². The Labute approximate surface area is 179 Å². The third-order valence-electron chi connectivity index (χ3n) is 4.80. The molecule has 0 aliphatic rings. The van der Waals surface area contributed by atoms with Crippen molar-refractivity contribution in [3.63, 3.8) is 0 Å². The Morgan fingerprint density at radius 3 is 2.48 bits per heavy atom. The van der Waals surface area contributed by atoms with Gasteiger partial charge >= 0.3 is 0 Å². The molecular weight excluding hydrogens is 394 g/mol. The van der Waals surface area contributed by atoms with E-state index in [9.17, 15) is 4.79 Å². The van der Waals surface area contributed by atoms with E-state index in [1.54, 1.807) is 23.0 Å². The van der Waals surface area contributed by atoms with Gasteiger partial charge in [-0.3, -0.25) is 4.79 Å². The molecule has 0 aliphatic heterocycles. The topological polar surface area (TPSA) is 125 Å². The number of nitrogens with two attached hydrogens (primary N) is 1. The molecule has 4 aromatic rings. The first-order chi connectivity index (χ1) is 15.0. The molecular formula is C22H23N7O2. The summed E-state index contributed by atoms with van der Waals surface area (Å²) in [5.74, 6) is 0.727. The van der Waals surface area contributed by atoms with Gasteiger partial charge in [0, 0.05) is 36.0 Å². The summed E-state index contributed by atoms with van der Waals surface area (Å²) in [6.45, 7) is 4.66. The zero-order chi connectivity index (χ0) is 22.0. The van der Waals surface area contributed by atoms with Gasteiger partial charge in [-0.15, -0.1) is 10.2 Å². The number of rotatable bonds is 6. The lowest BCUT2D eigenvalue weighted by atomic mass is 10.1. The summed E-state index contributed by atoms with van der Waals surface area (Å²) in [6, 6.07) is 11.1. The van der Waals surface area contributed by atoms with Gasteiger partial charge in [-0.1, -0.05) is 12.1 Å². The molecule has 9 nitrogen and oxygen atoms in total. The van der Waals surface area contributed by atoms with Crippen LogP contribution in [0.4, 0.5) is 5.82 Å². The van der Waals surface area contributed by atoms with Crippen molar-refractivity contribution in [2.75, 3.05) is 12.8 Å². The van der Waals surface area contributed by atoms with E-state index in [0.717, 1.165) is 23.2 Å². The average molecular weight is 417 g/mol. The Balaban J connectivity index is 1.68. The van der Waals surface area contributed by atoms with Crippen LogP contribution in [-0.2, 0) is 6.54 Å². The molecule has 0 amide bonds. The van der Waals surface area contributed by atoms with E-state index in [-0.39, 0.29) is 23.3 Å². The molecule has 3 heterocycles. The minimum atomic E-state index is -0.0790. The SMILES string of the molecule is CNCc1ccc(-c2nnc(-c3nc(-c4ccc(=O)n(C(C)C)c4)cnc3N)o2)cc1. The van der Waals surface area contributed by atoms with Gasteiger partial charge in [-0.25, -0.2) is 9.97 Å². The van der Waals surface area contributed by atoms with Crippen LogP contribution in [0.3, 0.4) is 0 Å². The number of pyridine rings is 1. The fraction of sp³-hybridized carbons (Fsp3) is 0.227. The molecule has 0 aliphatic carbocycles. The molecule has 3 aromatic heterocycles. The van der Waals surface area contributed by atoms with Gasteiger partial charge in [0.15, 0.2) is 11.5 Å². The van der Waals surface area contributed by atoms with Crippen LogP contribution in [0.15, 0.2) is 58.0 Å². The van der Waals surface area contributed by atoms with Crippen LogP contribution in [-0.4, -0.2) is 31.8 Å². The second-order valence-electron chi connectivity index (χ2n) is 7.39. The number of hydrogen-bond acceptors (Lipinski definition) is 8. The lowest BCUT2D eigenvalue weighted by Crippen LogP contribution is -2.20. The summed E-state index contributed by atoms with van der Waals surface area (Å²) < 4.78 is 7.47. The predicted octanol–water partition coefficient (Wildman–Crippen LogP) is 2.90. The molecule has 31 heavy (non-hydrogen) atoms. The number of aromatic nitrogens is 5. The van der Waals surface area contributed by atoms with E-state index in [1.165, 1.54) is 6.07 Å². The monoisotopic (exact) mass is 417 g/mol. The number of nitrogens with one attached hydrogen (secondary N) is 1. The van der Waals surface area contributed by atoms with Gasteiger partial charge in [-0.05, 0) is 44.7 Å². The highest BCUT2D eigenvalue weighted by Gasteiger charge is 2.17. The summed E-state index contributed by atoms with van der Waals surface area (Å²) in [5.41, 5.74) is 9.49. The molecule has 9 heteroatoms. The first kappa shape index (κ1) is 20.4. The van der Waals surface area contributed by atoms with Crippen LogP contribution in [0, 0.1) is 0 Å². The molecule has 0 bridgehead atoms. The van der Waals surface area contributed by atoms with E-state index < -0.39 is 0 Å². The summed E-state index contributed by atoms with van der Waals surface area (Å²) in [5, 5.41) is 11.3. The minimum absolute atomic E-state index is 0.0201. The van der Waals surface area contributed by atoms with Crippen molar-refractivity contribution in [3.05, 3.63) is 64.7 Å². The average Bonchev–Trinajstić information content (AvgIpc) is 3.25. The lowest BCUT2D eigenvalue weighted by molar-refractivity contribution is 0.578. The molecule has 3 N–H and O–H groups in total. The first-order valence-corrected chi connectivity index (χ1v) is 9.89. The Bertz CT molecular complexity index is 1260. The van der Waals surface area contributed by atoms with Crippen LogP contribution in [0.25, 0.3) is 34.3 Å². The number of nitrogen functional groups attached to an aromatic ring is 1. The van der Waals surface area contributed by atoms with E-state index in [4.69, 9.17) is 10.2 Å². The van der Waals surface area contributed by atoms with E-state index >= 15 is 0 Å². The van der Waals surface area contributed by atoms with Crippen molar-refractivity contribution < 1.29 is 4.42 Å². The molecule has 4 rings (SSSR count). The molecule has 0 spiro atoms. The zero-order valence-electron chi connectivity index (χ0n) is 17.5. The highest BCUT2D eigenvalue weighted by molar-refractivity contribution is 5.68. The molecule has 0 saturated heterocycles. The molecule has 0 fully saturated rings. The van der Waals surface area contributed by atoms with Crippen LogP contribution in [0.2, 0.25) is 0 Å². The van der Waals surface area contributed by atoms with Gasteiger partial charge in [-0.2, -0.15) is 0 Å². The van der Waals surface area contributed by atoms with Crippen LogP contribution >= 0.6 is 0 Å². The van der Waals surface area contributed by atoms with Crippen molar-refractivity contribution in [2.45, 2.75) is 26.4 Å². The summed E-state index contributed by atoms with van der Waals surface area (Å²) in [4.78, 5) is 20.9. The third kappa shape index (κ3) is 4.22. The van der Waals surface area contributed by atoms with E-state index in [0.29, 0.717) is 17.3 Å². The highest BCUT2D eigenvalue weighted by atomic mass is 16.4. The normalized spacial score (nSPS) is 11.2. The maximum Gasteiger partial charge on any atom is 0.270 e. The molecule has 0 atom stereocenters. The minimum Gasteiger partial charge on any atom is -0.414 e. The maximum atomic E-state index is 12.1.